The van der Waals surface area contributed by atoms with Crippen LogP contribution in [0, 0.1) is 0 Å². The van der Waals surface area contributed by atoms with Crippen LogP contribution in [0.25, 0.3) is 5.69 Å². The zero-order chi connectivity index (χ0) is 18.4. The molecule has 2 aromatic heterocycles. The van der Waals surface area contributed by atoms with Crippen LogP contribution in [0.1, 0.15) is 40.7 Å². The number of amides is 1. The number of para-hydroxylation sites is 1. The topological polar surface area (TPSA) is 77.0 Å². The SMILES string of the molecule is Nc1nc2c(s1)CCCC2C(=O)N1CCc2c(ncn2-c2ccccc2)C1. The lowest BCUT2D eigenvalue weighted by Gasteiger charge is -2.31. The van der Waals surface area contributed by atoms with E-state index in [4.69, 9.17) is 5.73 Å². The molecule has 1 aliphatic carbocycles. The molecular formula is C20H21N5OS. The summed E-state index contributed by atoms with van der Waals surface area (Å²) in [6.07, 6.45) is 5.55. The molecular weight excluding hydrogens is 358 g/mol. The van der Waals surface area contributed by atoms with Crippen molar-refractivity contribution >= 4 is 22.4 Å². The van der Waals surface area contributed by atoms with E-state index in [0.717, 1.165) is 49.3 Å². The third-order valence-electron chi connectivity index (χ3n) is 5.53. The number of nitrogens with two attached hydrogens (primary N) is 1. The number of hydrogen-bond acceptors (Lipinski definition) is 5. The fraction of sp³-hybridized carbons (Fsp3) is 0.350. The molecule has 0 radical (unpaired) electrons. The highest BCUT2D eigenvalue weighted by atomic mass is 32.1. The predicted octanol–water partition coefficient (Wildman–Crippen LogP) is 2.92. The summed E-state index contributed by atoms with van der Waals surface area (Å²) < 4.78 is 2.14. The second kappa shape index (κ2) is 6.49. The first-order valence-electron chi connectivity index (χ1n) is 9.35. The van der Waals surface area contributed by atoms with Crippen LogP contribution in [-0.4, -0.2) is 31.9 Å². The molecule has 1 amide bonds. The molecule has 1 aliphatic heterocycles. The molecule has 1 aromatic carbocycles. The standard InChI is InChI=1S/C20H21N5OS/c21-20-23-18-14(7-4-8-17(18)27-20)19(26)24-10-9-16-15(11-24)22-12-25(16)13-5-2-1-3-6-13/h1-3,5-6,12,14H,4,7-11H2,(H2,21,23). The normalized spacial score (nSPS) is 18.8. The first-order valence-corrected chi connectivity index (χ1v) is 10.2. The number of nitrogens with zero attached hydrogens (tertiary/aromatic N) is 4. The van der Waals surface area contributed by atoms with Gasteiger partial charge in [0.05, 0.1) is 30.2 Å². The molecule has 1 atom stereocenters. The molecule has 27 heavy (non-hydrogen) atoms. The van der Waals surface area contributed by atoms with E-state index in [1.54, 1.807) is 0 Å². The summed E-state index contributed by atoms with van der Waals surface area (Å²) in [5, 5.41) is 0.572. The number of thiazole rings is 1. The first kappa shape index (κ1) is 16.5. The van der Waals surface area contributed by atoms with Crippen molar-refractivity contribution in [3.05, 3.63) is 58.6 Å². The van der Waals surface area contributed by atoms with Gasteiger partial charge in [0.25, 0.3) is 0 Å². The average Bonchev–Trinajstić information content (AvgIpc) is 3.29. The number of carbonyl (C=O) groups is 1. The minimum atomic E-state index is -0.153. The molecule has 2 N–H and O–H groups in total. The van der Waals surface area contributed by atoms with Gasteiger partial charge in [0.2, 0.25) is 5.91 Å². The van der Waals surface area contributed by atoms with Gasteiger partial charge < -0.3 is 15.2 Å². The minimum absolute atomic E-state index is 0.153. The molecule has 0 saturated heterocycles. The number of nitrogen functional groups attached to an aromatic ring is 1. The summed E-state index contributed by atoms with van der Waals surface area (Å²) in [6, 6.07) is 10.2. The molecule has 138 valence electrons. The van der Waals surface area contributed by atoms with E-state index < -0.39 is 0 Å². The maximum atomic E-state index is 13.2. The summed E-state index contributed by atoms with van der Waals surface area (Å²) in [6.45, 7) is 1.29. The number of benzene rings is 1. The number of imidazole rings is 1. The van der Waals surface area contributed by atoms with Gasteiger partial charge in [0.1, 0.15) is 0 Å². The van der Waals surface area contributed by atoms with Crippen LogP contribution in [0.2, 0.25) is 0 Å². The number of carbonyl (C=O) groups excluding carboxylic acids is 1. The van der Waals surface area contributed by atoms with E-state index >= 15 is 0 Å². The molecule has 0 bridgehead atoms. The van der Waals surface area contributed by atoms with Gasteiger partial charge in [-0.05, 0) is 31.4 Å². The van der Waals surface area contributed by atoms with Gasteiger partial charge in [-0.25, -0.2) is 9.97 Å². The summed E-state index contributed by atoms with van der Waals surface area (Å²) in [5.74, 6) is 0.0150. The van der Waals surface area contributed by atoms with E-state index in [1.165, 1.54) is 21.9 Å². The minimum Gasteiger partial charge on any atom is -0.375 e. The molecule has 3 heterocycles. The second-order valence-corrected chi connectivity index (χ2v) is 8.27. The fourth-order valence-electron chi connectivity index (χ4n) is 4.21. The number of aryl methyl sites for hydroxylation is 1. The van der Waals surface area contributed by atoms with Gasteiger partial charge in [-0.15, -0.1) is 11.3 Å². The lowest BCUT2D eigenvalue weighted by Crippen LogP contribution is -2.40. The molecule has 7 heteroatoms. The fourth-order valence-corrected chi connectivity index (χ4v) is 5.14. The Bertz CT molecular complexity index is 993. The molecule has 2 aliphatic rings. The van der Waals surface area contributed by atoms with Gasteiger partial charge in [-0.3, -0.25) is 4.79 Å². The molecule has 5 rings (SSSR count). The van der Waals surface area contributed by atoms with Crippen LogP contribution in [0.5, 0.6) is 0 Å². The summed E-state index contributed by atoms with van der Waals surface area (Å²) in [7, 11) is 0. The van der Waals surface area contributed by atoms with Crippen LogP contribution in [0.3, 0.4) is 0 Å². The Kier molecular flexibility index (Phi) is 3.97. The lowest BCUT2D eigenvalue weighted by molar-refractivity contribution is -0.134. The highest BCUT2D eigenvalue weighted by Gasteiger charge is 2.35. The van der Waals surface area contributed by atoms with Gasteiger partial charge in [-0.2, -0.15) is 0 Å². The van der Waals surface area contributed by atoms with Gasteiger partial charge in [-0.1, -0.05) is 18.2 Å². The van der Waals surface area contributed by atoms with Gasteiger partial charge >= 0.3 is 0 Å². The zero-order valence-corrected chi connectivity index (χ0v) is 15.8. The van der Waals surface area contributed by atoms with Crippen LogP contribution in [-0.2, 0) is 24.2 Å². The third-order valence-corrected chi connectivity index (χ3v) is 6.49. The summed E-state index contributed by atoms with van der Waals surface area (Å²) in [4.78, 5) is 25.4. The van der Waals surface area contributed by atoms with Gasteiger partial charge in [0.15, 0.2) is 5.13 Å². The first-order chi connectivity index (χ1) is 13.2. The Morgan fingerprint density at radius 2 is 2.07 bits per heavy atom. The van der Waals surface area contributed by atoms with Crippen LogP contribution >= 0.6 is 11.3 Å². The Balaban J connectivity index is 1.39. The highest BCUT2D eigenvalue weighted by molar-refractivity contribution is 7.15. The average molecular weight is 379 g/mol. The third kappa shape index (κ3) is 2.82. The summed E-state index contributed by atoms with van der Waals surface area (Å²) in [5.41, 5.74) is 10.1. The molecule has 3 aromatic rings. The Hall–Kier alpha value is -2.67. The highest BCUT2D eigenvalue weighted by Crippen LogP contribution is 2.37. The van der Waals surface area contributed by atoms with E-state index in [2.05, 4.69) is 26.7 Å². The van der Waals surface area contributed by atoms with E-state index in [-0.39, 0.29) is 11.8 Å². The molecule has 6 nitrogen and oxygen atoms in total. The predicted molar refractivity (Wildman–Crippen MR) is 105 cm³/mol. The number of anilines is 1. The van der Waals surface area contributed by atoms with Gasteiger partial charge in [0, 0.05) is 29.2 Å². The molecule has 1 unspecified atom stereocenters. The maximum Gasteiger partial charge on any atom is 0.232 e. The van der Waals surface area contributed by atoms with Crippen molar-refractivity contribution in [2.75, 3.05) is 12.3 Å². The van der Waals surface area contributed by atoms with Crippen molar-refractivity contribution in [3.63, 3.8) is 0 Å². The Morgan fingerprint density at radius 3 is 2.93 bits per heavy atom. The number of hydrogen-bond donors (Lipinski definition) is 1. The van der Waals surface area contributed by atoms with Crippen molar-refractivity contribution in [3.8, 4) is 5.69 Å². The van der Waals surface area contributed by atoms with Crippen LogP contribution < -0.4 is 5.73 Å². The maximum absolute atomic E-state index is 13.2. The quantitative estimate of drug-likeness (QED) is 0.743. The van der Waals surface area contributed by atoms with Crippen molar-refractivity contribution < 1.29 is 4.79 Å². The number of fused-ring (bicyclic) bond motifs is 2. The zero-order valence-electron chi connectivity index (χ0n) is 15.0. The number of rotatable bonds is 2. The molecule has 0 fully saturated rings. The largest absolute Gasteiger partial charge is 0.375 e. The van der Waals surface area contributed by atoms with Crippen molar-refractivity contribution in [1.82, 2.24) is 19.4 Å². The monoisotopic (exact) mass is 379 g/mol. The van der Waals surface area contributed by atoms with E-state index in [0.29, 0.717) is 11.7 Å². The second-order valence-electron chi connectivity index (χ2n) is 7.16. The van der Waals surface area contributed by atoms with E-state index in [9.17, 15) is 4.79 Å². The lowest BCUT2D eigenvalue weighted by atomic mass is 9.89. The van der Waals surface area contributed by atoms with Crippen molar-refractivity contribution in [2.45, 2.75) is 38.1 Å². The Labute approximate surface area is 161 Å². The van der Waals surface area contributed by atoms with E-state index in [1.807, 2.05) is 29.4 Å². The molecule has 0 spiro atoms. The van der Waals surface area contributed by atoms with Crippen LogP contribution in [0.4, 0.5) is 5.13 Å². The Morgan fingerprint density at radius 1 is 1.22 bits per heavy atom. The van der Waals surface area contributed by atoms with Crippen molar-refractivity contribution in [1.29, 1.82) is 0 Å². The molecule has 0 saturated carbocycles. The smallest absolute Gasteiger partial charge is 0.232 e. The van der Waals surface area contributed by atoms with Crippen LogP contribution in [0.15, 0.2) is 36.7 Å². The summed E-state index contributed by atoms with van der Waals surface area (Å²) >= 11 is 1.53. The number of aromatic nitrogens is 3. The van der Waals surface area contributed by atoms with Crippen molar-refractivity contribution in [2.24, 2.45) is 0 Å².